The van der Waals surface area contributed by atoms with Crippen molar-refractivity contribution in [3.8, 4) is 11.1 Å². The largest absolute Gasteiger partial charge is 0.0870 e. The van der Waals surface area contributed by atoms with Gasteiger partial charge < -0.3 is 0 Å². The fourth-order valence-corrected chi connectivity index (χ4v) is 3.72. The Morgan fingerprint density at radius 1 is 0.786 bits per heavy atom. The Bertz CT molecular complexity index is 926. The molecule has 0 radical (unpaired) electrons. The van der Waals surface area contributed by atoms with Gasteiger partial charge >= 0.3 is 0 Å². The highest BCUT2D eigenvalue weighted by molar-refractivity contribution is 5.96. The second kappa shape index (κ2) is 11.5. The molecule has 150 valence electrons. The van der Waals surface area contributed by atoms with Crippen LogP contribution in [0.1, 0.15) is 69.4 Å². The number of allylic oxidation sites excluding steroid dienone is 1. The molecule has 0 heterocycles. The van der Waals surface area contributed by atoms with Crippen molar-refractivity contribution in [1.29, 1.82) is 0 Å². The summed E-state index contributed by atoms with van der Waals surface area (Å²) in [6, 6.07) is 15.7. The van der Waals surface area contributed by atoms with Crippen molar-refractivity contribution < 1.29 is 0 Å². The summed E-state index contributed by atoms with van der Waals surface area (Å²) in [5.41, 5.74) is 9.62. The van der Waals surface area contributed by atoms with Crippen LogP contribution in [-0.4, -0.2) is 0 Å². The van der Waals surface area contributed by atoms with Crippen molar-refractivity contribution in [2.45, 2.75) is 68.7 Å². The fourth-order valence-electron chi connectivity index (χ4n) is 3.72. The average molecular weight is 375 g/mol. The Kier molecular flexibility index (Phi) is 9.73. The molecule has 0 atom stereocenters. The standard InChI is InChI=1S/C24H26.2C2H6/c1-6-10-21-16(3)13-14-19(7-2)24(21)23-15-17(4)20-11-8-9-12-22(20)18(23)5;2*1-2/h6,8-15H,7H2,1-5H3;2*1-2H3/b10-6-;;. The van der Waals surface area contributed by atoms with Gasteiger partial charge in [-0.05, 0) is 83.8 Å². The van der Waals surface area contributed by atoms with Crippen LogP contribution in [0.3, 0.4) is 0 Å². The minimum Gasteiger partial charge on any atom is -0.0870 e. The Morgan fingerprint density at radius 2 is 1.39 bits per heavy atom. The minimum absolute atomic E-state index is 1.05. The highest BCUT2D eigenvalue weighted by atomic mass is 14.2. The van der Waals surface area contributed by atoms with Gasteiger partial charge in [-0.2, -0.15) is 0 Å². The molecule has 28 heavy (non-hydrogen) atoms. The Labute approximate surface area is 173 Å². The average Bonchev–Trinajstić information content (AvgIpc) is 2.75. The number of hydrogen-bond donors (Lipinski definition) is 0. The second-order valence-electron chi connectivity index (χ2n) is 6.60. The molecule has 3 aromatic carbocycles. The Balaban J connectivity index is 0.000000921. The van der Waals surface area contributed by atoms with Gasteiger partial charge in [-0.15, -0.1) is 0 Å². The minimum atomic E-state index is 1.05. The SMILES string of the molecule is C/C=C\c1c(C)ccc(CC)c1-c1cc(C)c2ccccc2c1C.CC.CC. The van der Waals surface area contributed by atoms with E-state index in [0.717, 1.165) is 6.42 Å². The van der Waals surface area contributed by atoms with Gasteiger partial charge in [-0.3, -0.25) is 0 Å². The summed E-state index contributed by atoms with van der Waals surface area (Å²) in [5.74, 6) is 0. The molecular weight excluding hydrogens is 336 g/mol. The lowest BCUT2D eigenvalue weighted by atomic mass is 9.85. The predicted molar refractivity (Wildman–Crippen MR) is 130 cm³/mol. The molecule has 0 fully saturated rings. The van der Waals surface area contributed by atoms with E-state index in [4.69, 9.17) is 0 Å². The van der Waals surface area contributed by atoms with E-state index in [1.165, 1.54) is 49.7 Å². The molecule has 3 rings (SSSR count). The first-order valence-corrected chi connectivity index (χ1v) is 10.8. The maximum Gasteiger partial charge on any atom is -0.00739 e. The van der Waals surface area contributed by atoms with E-state index in [0.29, 0.717) is 0 Å². The van der Waals surface area contributed by atoms with E-state index in [9.17, 15) is 0 Å². The van der Waals surface area contributed by atoms with Gasteiger partial charge in [0.05, 0.1) is 0 Å². The third-order valence-corrected chi connectivity index (χ3v) is 5.05. The summed E-state index contributed by atoms with van der Waals surface area (Å²) in [4.78, 5) is 0. The van der Waals surface area contributed by atoms with Crippen molar-refractivity contribution in [3.63, 3.8) is 0 Å². The quantitative estimate of drug-likeness (QED) is 0.429. The van der Waals surface area contributed by atoms with Crippen LogP contribution in [0.2, 0.25) is 0 Å². The highest BCUT2D eigenvalue weighted by Crippen LogP contribution is 2.37. The third-order valence-electron chi connectivity index (χ3n) is 5.05. The predicted octanol–water partition coefficient (Wildman–Crippen LogP) is 9.08. The van der Waals surface area contributed by atoms with Crippen molar-refractivity contribution in [2.24, 2.45) is 0 Å². The van der Waals surface area contributed by atoms with Crippen LogP contribution < -0.4 is 0 Å². The molecule has 0 aromatic heterocycles. The number of benzene rings is 3. The normalized spacial score (nSPS) is 10.3. The van der Waals surface area contributed by atoms with E-state index in [1.54, 1.807) is 0 Å². The highest BCUT2D eigenvalue weighted by Gasteiger charge is 2.15. The summed E-state index contributed by atoms with van der Waals surface area (Å²) in [5, 5.41) is 2.72. The van der Waals surface area contributed by atoms with E-state index in [1.807, 2.05) is 27.7 Å². The molecule has 0 aliphatic heterocycles. The maximum atomic E-state index is 2.37. The van der Waals surface area contributed by atoms with Crippen LogP contribution in [0.4, 0.5) is 0 Å². The molecule has 0 aliphatic rings. The summed E-state index contributed by atoms with van der Waals surface area (Å²) in [7, 11) is 0. The number of fused-ring (bicyclic) bond motifs is 1. The molecule has 0 spiro atoms. The van der Waals surface area contributed by atoms with Crippen molar-refractivity contribution in [3.05, 3.63) is 76.4 Å². The van der Waals surface area contributed by atoms with Gasteiger partial charge in [-0.25, -0.2) is 0 Å². The van der Waals surface area contributed by atoms with Crippen molar-refractivity contribution in [1.82, 2.24) is 0 Å². The van der Waals surface area contributed by atoms with E-state index >= 15 is 0 Å². The summed E-state index contributed by atoms with van der Waals surface area (Å²) >= 11 is 0. The molecule has 3 aromatic rings. The topological polar surface area (TPSA) is 0 Å². The molecule has 0 bridgehead atoms. The lowest BCUT2D eigenvalue weighted by Crippen LogP contribution is -1.98. The van der Waals surface area contributed by atoms with Crippen LogP contribution in [0, 0.1) is 20.8 Å². The van der Waals surface area contributed by atoms with E-state index < -0.39 is 0 Å². The van der Waals surface area contributed by atoms with Gasteiger partial charge in [0.2, 0.25) is 0 Å². The van der Waals surface area contributed by atoms with Gasteiger partial charge in [-0.1, -0.05) is 89.2 Å². The van der Waals surface area contributed by atoms with Crippen LogP contribution in [0.5, 0.6) is 0 Å². The molecule has 0 nitrogen and oxygen atoms in total. The second-order valence-corrected chi connectivity index (χ2v) is 6.60. The summed E-state index contributed by atoms with van der Waals surface area (Å²) in [6.07, 6.45) is 5.45. The Morgan fingerprint density at radius 3 is 1.96 bits per heavy atom. The molecule has 0 N–H and O–H groups in total. The lowest BCUT2D eigenvalue weighted by molar-refractivity contribution is 1.13. The van der Waals surface area contributed by atoms with Gasteiger partial charge in [0.25, 0.3) is 0 Å². The molecule has 0 unspecified atom stereocenters. The van der Waals surface area contributed by atoms with Crippen LogP contribution in [0.15, 0.2) is 48.5 Å². The summed E-state index contributed by atoms with van der Waals surface area (Å²) in [6.45, 7) is 19.0. The lowest BCUT2D eigenvalue weighted by Gasteiger charge is -2.19. The molecule has 0 heteroatoms. The zero-order valence-electron chi connectivity index (χ0n) is 19.4. The van der Waals surface area contributed by atoms with Crippen LogP contribution >= 0.6 is 0 Å². The number of aryl methyl sites for hydroxylation is 4. The first kappa shape index (κ1) is 23.7. The maximum absolute atomic E-state index is 2.37. The van der Waals surface area contributed by atoms with Crippen molar-refractivity contribution >= 4 is 16.8 Å². The third kappa shape index (κ3) is 4.73. The molecule has 0 saturated carbocycles. The molecule has 0 amide bonds. The fraction of sp³-hybridized carbons (Fsp3) is 0.357. The molecular formula is C28H38. The molecule has 0 aliphatic carbocycles. The molecule has 0 saturated heterocycles. The zero-order valence-corrected chi connectivity index (χ0v) is 19.4. The first-order valence-electron chi connectivity index (χ1n) is 10.8. The first-order chi connectivity index (χ1) is 13.6. The number of rotatable bonds is 3. The van der Waals surface area contributed by atoms with Crippen molar-refractivity contribution in [2.75, 3.05) is 0 Å². The number of hydrogen-bond acceptors (Lipinski definition) is 0. The van der Waals surface area contributed by atoms with Gasteiger partial charge in [0.15, 0.2) is 0 Å². The van der Waals surface area contributed by atoms with Gasteiger partial charge in [0, 0.05) is 0 Å². The smallest absolute Gasteiger partial charge is 0.00739 e. The van der Waals surface area contributed by atoms with E-state index in [-0.39, 0.29) is 0 Å². The zero-order chi connectivity index (χ0) is 21.3. The Hall–Kier alpha value is -2.34. The van der Waals surface area contributed by atoms with E-state index in [2.05, 4.69) is 89.2 Å². The van der Waals surface area contributed by atoms with Crippen LogP contribution in [-0.2, 0) is 6.42 Å². The van der Waals surface area contributed by atoms with Gasteiger partial charge in [0.1, 0.15) is 0 Å². The monoisotopic (exact) mass is 374 g/mol. The van der Waals surface area contributed by atoms with Crippen LogP contribution in [0.25, 0.3) is 28.0 Å². The summed E-state index contributed by atoms with van der Waals surface area (Å²) < 4.78 is 0.